The van der Waals surface area contributed by atoms with Gasteiger partial charge in [0.25, 0.3) is 0 Å². The molecule has 0 aliphatic heterocycles. The molecule has 0 bridgehead atoms. The first-order chi connectivity index (χ1) is 13.7. The largest absolute Gasteiger partial charge is 0.385 e. The molecule has 3 heteroatoms. The number of carbonyl (C=O) groups excluding carboxylic acids is 2. The number of ketones is 2. The summed E-state index contributed by atoms with van der Waals surface area (Å²) in [5.41, 5.74) is 0.0845. The molecule has 4 saturated carbocycles. The van der Waals surface area contributed by atoms with E-state index in [1.807, 2.05) is 0 Å². The van der Waals surface area contributed by atoms with Crippen LogP contribution in [0.1, 0.15) is 85.5 Å². The van der Waals surface area contributed by atoms with Gasteiger partial charge in [0.1, 0.15) is 11.9 Å². The molecule has 162 valence electrons. The zero-order chi connectivity index (χ0) is 21.0. The average molecular weight is 401 g/mol. The van der Waals surface area contributed by atoms with E-state index in [9.17, 15) is 14.7 Å². The van der Waals surface area contributed by atoms with E-state index >= 15 is 0 Å². The van der Waals surface area contributed by atoms with E-state index in [2.05, 4.69) is 39.8 Å². The van der Waals surface area contributed by atoms with Gasteiger partial charge in [0.2, 0.25) is 0 Å². The van der Waals surface area contributed by atoms with Crippen LogP contribution in [0, 0.1) is 46.3 Å². The van der Waals surface area contributed by atoms with Crippen molar-refractivity contribution >= 4 is 11.6 Å². The number of rotatable bonds is 4. The average Bonchev–Trinajstić information content (AvgIpc) is 3.02. The van der Waals surface area contributed by atoms with Crippen LogP contribution >= 0.6 is 0 Å². The van der Waals surface area contributed by atoms with E-state index in [4.69, 9.17) is 0 Å². The summed E-state index contributed by atoms with van der Waals surface area (Å²) in [6, 6.07) is 0. The van der Waals surface area contributed by atoms with Gasteiger partial charge in [-0.2, -0.15) is 0 Å². The zero-order valence-electron chi connectivity index (χ0n) is 18.8. The highest BCUT2D eigenvalue weighted by Gasteiger charge is 2.63. The molecule has 29 heavy (non-hydrogen) atoms. The van der Waals surface area contributed by atoms with E-state index in [0.29, 0.717) is 60.1 Å². The maximum absolute atomic E-state index is 13.2. The lowest BCUT2D eigenvalue weighted by Crippen LogP contribution is -2.58. The van der Waals surface area contributed by atoms with E-state index in [-0.39, 0.29) is 17.1 Å². The molecule has 0 spiro atoms. The smallest absolute Gasteiger partial charge is 0.161 e. The third kappa shape index (κ3) is 3.27. The summed E-state index contributed by atoms with van der Waals surface area (Å²) in [6.45, 7) is 9.32. The molecule has 0 aromatic rings. The summed E-state index contributed by atoms with van der Waals surface area (Å²) in [5.74, 6) is 2.98. The molecule has 0 saturated heterocycles. The maximum atomic E-state index is 13.2. The van der Waals surface area contributed by atoms with Crippen LogP contribution in [0.3, 0.4) is 0 Å². The lowest BCUT2D eigenvalue weighted by Gasteiger charge is -2.60. The molecule has 0 radical (unpaired) electrons. The molecule has 4 aliphatic carbocycles. The lowest BCUT2D eigenvalue weighted by molar-refractivity contribution is -0.165. The Hall–Kier alpha value is -0.960. The Balaban J connectivity index is 1.58. The number of unbranched alkanes of at least 4 members (excludes halogenated alkanes) is 1. The summed E-state index contributed by atoms with van der Waals surface area (Å²) < 4.78 is 0. The molecule has 0 aromatic heterocycles. The fourth-order valence-corrected chi connectivity index (χ4v) is 8.41. The summed E-state index contributed by atoms with van der Waals surface area (Å²) >= 11 is 0. The molecule has 4 fully saturated rings. The Morgan fingerprint density at radius 1 is 1.10 bits per heavy atom. The minimum absolute atomic E-state index is 0.0375. The first kappa shape index (κ1) is 21.3. The molecule has 4 aliphatic rings. The van der Waals surface area contributed by atoms with Crippen LogP contribution in [0.25, 0.3) is 0 Å². The van der Waals surface area contributed by atoms with Gasteiger partial charge in [-0.15, -0.1) is 0 Å². The van der Waals surface area contributed by atoms with Crippen LogP contribution in [-0.4, -0.2) is 22.8 Å². The molecule has 0 aromatic carbocycles. The Morgan fingerprint density at radius 3 is 2.55 bits per heavy atom. The zero-order valence-corrected chi connectivity index (χ0v) is 18.8. The van der Waals surface area contributed by atoms with Gasteiger partial charge in [-0.1, -0.05) is 46.3 Å². The van der Waals surface area contributed by atoms with Crippen molar-refractivity contribution in [3.63, 3.8) is 0 Å². The normalized spacial score (nSPS) is 48.3. The maximum Gasteiger partial charge on any atom is 0.161 e. The molecule has 4 rings (SSSR count). The molecular formula is C26H40O3. The van der Waals surface area contributed by atoms with Crippen LogP contribution < -0.4 is 0 Å². The van der Waals surface area contributed by atoms with Crippen molar-refractivity contribution in [1.82, 2.24) is 0 Å². The van der Waals surface area contributed by atoms with Crippen LogP contribution in [-0.2, 0) is 9.59 Å². The third-order valence-electron chi connectivity index (χ3n) is 9.89. The van der Waals surface area contributed by atoms with E-state index in [1.54, 1.807) is 0 Å². The monoisotopic (exact) mass is 400 g/mol. The van der Waals surface area contributed by atoms with E-state index in [1.165, 1.54) is 25.7 Å². The summed E-state index contributed by atoms with van der Waals surface area (Å²) in [7, 11) is 0. The Kier molecular flexibility index (Phi) is 5.59. The van der Waals surface area contributed by atoms with Gasteiger partial charge in [-0.25, -0.2) is 0 Å². The van der Waals surface area contributed by atoms with Gasteiger partial charge in [0, 0.05) is 18.8 Å². The minimum atomic E-state index is -0.922. The van der Waals surface area contributed by atoms with Crippen molar-refractivity contribution < 1.29 is 14.7 Å². The highest BCUT2D eigenvalue weighted by molar-refractivity contribution is 5.90. The van der Waals surface area contributed by atoms with Crippen molar-refractivity contribution in [2.45, 2.75) is 91.6 Å². The predicted molar refractivity (Wildman–Crippen MR) is 115 cm³/mol. The first-order valence-corrected chi connectivity index (χ1v) is 12.1. The molecule has 3 unspecified atom stereocenters. The standard InChI is InChI=1S/C26H40O3/c1-5-6-7-8-16(2)18-9-10-19-17-13-22(27)21-14-23(28)24(29)15-26(21,4)20(17)11-12-25(18,19)3/h7-8,16-21,23,28H,5-6,9-15H2,1-4H3/b8-7-/t16-,17?,18-,19?,20?,21-,23-,25-,26-/m1/s1. The van der Waals surface area contributed by atoms with Gasteiger partial charge < -0.3 is 5.11 Å². The number of hydrogen-bond acceptors (Lipinski definition) is 3. The molecule has 0 heterocycles. The van der Waals surface area contributed by atoms with Gasteiger partial charge in [0.15, 0.2) is 5.78 Å². The van der Waals surface area contributed by atoms with E-state index in [0.717, 1.165) is 12.8 Å². The number of hydrogen-bond donors (Lipinski definition) is 1. The lowest BCUT2D eigenvalue weighted by atomic mass is 9.44. The number of fused-ring (bicyclic) bond motifs is 5. The number of aliphatic hydroxyl groups is 1. The second kappa shape index (κ2) is 7.62. The van der Waals surface area contributed by atoms with Gasteiger partial charge in [-0.3, -0.25) is 9.59 Å². The van der Waals surface area contributed by atoms with Crippen molar-refractivity contribution in [3.05, 3.63) is 12.2 Å². The van der Waals surface area contributed by atoms with Gasteiger partial charge in [-0.05, 0) is 78.9 Å². The van der Waals surface area contributed by atoms with Gasteiger partial charge >= 0.3 is 0 Å². The highest BCUT2D eigenvalue weighted by atomic mass is 16.3. The number of carbonyl (C=O) groups is 2. The quantitative estimate of drug-likeness (QED) is 0.647. The fourth-order valence-electron chi connectivity index (χ4n) is 8.41. The Bertz CT molecular complexity index is 696. The predicted octanol–water partition coefficient (Wildman–Crippen LogP) is 5.36. The molecule has 3 nitrogen and oxygen atoms in total. The molecule has 1 N–H and O–H groups in total. The number of allylic oxidation sites excluding steroid dienone is 2. The number of Topliss-reactive ketones (excluding diaryl/α,β-unsaturated/α-hetero) is 2. The fraction of sp³-hybridized carbons (Fsp3) is 0.846. The van der Waals surface area contributed by atoms with Gasteiger partial charge in [0.05, 0.1) is 0 Å². The SMILES string of the molecule is CCC/C=C\[C@@H](C)[C@H]1CCC2C3CC(=O)[C@H]4C[C@@H](O)C(=O)C[C@]4(C)C3CC[C@@]21C. The summed E-state index contributed by atoms with van der Waals surface area (Å²) in [4.78, 5) is 25.6. The van der Waals surface area contributed by atoms with Crippen LogP contribution in [0.2, 0.25) is 0 Å². The molecular weight excluding hydrogens is 360 g/mol. The first-order valence-electron chi connectivity index (χ1n) is 12.1. The van der Waals surface area contributed by atoms with Crippen LogP contribution in [0.5, 0.6) is 0 Å². The van der Waals surface area contributed by atoms with Crippen molar-refractivity contribution in [2.24, 2.45) is 46.3 Å². The molecule has 9 atom stereocenters. The van der Waals surface area contributed by atoms with Crippen LogP contribution in [0.15, 0.2) is 12.2 Å². The molecule has 0 amide bonds. The van der Waals surface area contributed by atoms with E-state index < -0.39 is 6.10 Å². The minimum Gasteiger partial charge on any atom is -0.385 e. The van der Waals surface area contributed by atoms with Crippen LogP contribution in [0.4, 0.5) is 0 Å². The Morgan fingerprint density at radius 2 is 1.83 bits per heavy atom. The van der Waals surface area contributed by atoms with Crippen molar-refractivity contribution in [2.75, 3.05) is 0 Å². The summed E-state index contributed by atoms with van der Waals surface area (Å²) in [6.07, 6.45) is 12.6. The second-order valence-electron chi connectivity index (χ2n) is 11.3. The topological polar surface area (TPSA) is 54.4 Å². The third-order valence-corrected chi connectivity index (χ3v) is 9.89. The highest BCUT2D eigenvalue weighted by Crippen LogP contribution is 2.67. The van der Waals surface area contributed by atoms with Crippen molar-refractivity contribution in [1.29, 1.82) is 0 Å². The summed E-state index contributed by atoms with van der Waals surface area (Å²) in [5, 5.41) is 10.1. The second-order valence-corrected chi connectivity index (χ2v) is 11.3. The number of aliphatic hydroxyl groups excluding tert-OH is 1. The van der Waals surface area contributed by atoms with Crippen molar-refractivity contribution in [3.8, 4) is 0 Å². The Labute approximate surface area is 176 Å².